The van der Waals surface area contributed by atoms with Crippen LogP contribution in [0.15, 0.2) is 15.8 Å². The van der Waals surface area contributed by atoms with Gasteiger partial charge in [0.05, 0.1) is 12.6 Å². The van der Waals surface area contributed by atoms with Crippen LogP contribution >= 0.6 is 0 Å². The van der Waals surface area contributed by atoms with Gasteiger partial charge in [-0.1, -0.05) is 0 Å². The summed E-state index contributed by atoms with van der Waals surface area (Å²) in [4.78, 5) is 30.5. The Hall–Kier alpha value is -1.44. The highest BCUT2D eigenvalue weighted by Gasteiger charge is 2.32. The number of hydroxylamine groups is 2. The molecular weight excluding hydrogens is 226 g/mol. The van der Waals surface area contributed by atoms with E-state index in [0.29, 0.717) is 12.0 Å². The van der Waals surface area contributed by atoms with Crippen molar-refractivity contribution in [2.45, 2.75) is 25.6 Å². The molecule has 7 heteroatoms. The first-order valence-corrected chi connectivity index (χ1v) is 5.35. The van der Waals surface area contributed by atoms with Gasteiger partial charge in [0.25, 0.3) is 5.56 Å². The first-order valence-electron chi connectivity index (χ1n) is 5.35. The van der Waals surface area contributed by atoms with E-state index in [2.05, 4.69) is 4.98 Å². The summed E-state index contributed by atoms with van der Waals surface area (Å²) in [5.74, 6) is 0. The third kappa shape index (κ3) is 2.17. The predicted molar refractivity (Wildman–Crippen MR) is 59.4 cm³/mol. The molecular formula is C10H15N3O4. The van der Waals surface area contributed by atoms with Crippen molar-refractivity contribution in [1.29, 1.82) is 0 Å². The molecule has 0 spiro atoms. The van der Waals surface area contributed by atoms with E-state index in [1.54, 1.807) is 14.0 Å². The molecule has 0 radical (unpaired) electrons. The summed E-state index contributed by atoms with van der Waals surface area (Å²) >= 11 is 0. The average Bonchev–Trinajstić information content (AvgIpc) is 2.65. The monoisotopic (exact) mass is 241 g/mol. The van der Waals surface area contributed by atoms with Gasteiger partial charge < -0.3 is 5.11 Å². The maximum atomic E-state index is 11.6. The first kappa shape index (κ1) is 12.0. The van der Waals surface area contributed by atoms with E-state index in [4.69, 9.17) is 9.94 Å². The van der Waals surface area contributed by atoms with Crippen LogP contribution in [0.3, 0.4) is 0 Å². The van der Waals surface area contributed by atoms with Gasteiger partial charge >= 0.3 is 5.69 Å². The molecule has 0 aliphatic carbocycles. The number of hydrogen-bond acceptors (Lipinski definition) is 5. The zero-order valence-corrected chi connectivity index (χ0v) is 9.71. The van der Waals surface area contributed by atoms with Gasteiger partial charge in [-0.25, -0.2) is 4.79 Å². The molecule has 2 unspecified atom stereocenters. The molecule has 94 valence electrons. The number of nitrogens with one attached hydrogen (secondary N) is 1. The number of aliphatic hydroxyl groups excluding tert-OH is 1. The highest BCUT2D eigenvalue weighted by Crippen LogP contribution is 2.25. The van der Waals surface area contributed by atoms with Gasteiger partial charge in [-0.05, 0) is 6.92 Å². The number of aryl methyl sites for hydroxylation is 1. The van der Waals surface area contributed by atoms with Gasteiger partial charge in [-0.2, -0.15) is 5.06 Å². The summed E-state index contributed by atoms with van der Waals surface area (Å²) in [7, 11) is 1.70. The standard InChI is InChI=1S/C10H15N3O4/c1-6-4-13(10(16)11-9(6)15)8-3-7(5-14)12(2)17-8/h4,7-8,14H,3,5H2,1-2H3,(H,11,15,16). The second kappa shape index (κ2) is 4.44. The zero-order valence-electron chi connectivity index (χ0n) is 9.71. The molecule has 1 aromatic heterocycles. The minimum atomic E-state index is -0.502. The zero-order chi connectivity index (χ0) is 12.6. The van der Waals surface area contributed by atoms with Crippen molar-refractivity contribution in [3.8, 4) is 0 Å². The number of likely N-dealkylation sites (N-methyl/N-ethyl adjacent to an activating group) is 1. The molecule has 7 nitrogen and oxygen atoms in total. The summed E-state index contributed by atoms with van der Waals surface area (Å²) < 4.78 is 1.34. The van der Waals surface area contributed by atoms with Crippen LogP contribution in [0, 0.1) is 6.92 Å². The molecule has 0 aromatic carbocycles. The SMILES string of the molecule is Cc1cn(C2CC(CO)N(C)O2)c(=O)[nH]c1=O. The lowest BCUT2D eigenvalue weighted by Gasteiger charge is -2.15. The quantitative estimate of drug-likeness (QED) is 0.691. The van der Waals surface area contributed by atoms with Crippen molar-refractivity contribution in [2.24, 2.45) is 0 Å². The maximum Gasteiger partial charge on any atom is 0.330 e. The lowest BCUT2D eigenvalue weighted by molar-refractivity contribution is -0.170. The molecule has 1 aliphatic heterocycles. The van der Waals surface area contributed by atoms with E-state index < -0.39 is 17.5 Å². The van der Waals surface area contributed by atoms with E-state index in [0.717, 1.165) is 0 Å². The number of aliphatic hydroxyl groups is 1. The number of nitrogens with zero attached hydrogens (tertiary/aromatic N) is 2. The van der Waals surface area contributed by atoms with E-state index in [9.17, 15) is 9.59 Å². The highest BCUT2D eigenvalue weighted by atomic mass is 16.7. The lowest BCUT2D eigenvalue weighted by atomic mass is 10.2. The van der Waals surface area contributed by atoms with Gasteiger partial charge in [0.15, 0.2) is 6.23 Å². The van der Waals surface area contributed by atoms with Crippen molar-refractivity contribution < 1.29 is 9.94 Å². The van der Waals surface area contributed by atoms with Gasteiger partial charge in [-0.15, -0.1) is 0 Å². The van der Waals surface area contributed by atoms with Crippen LogP contribution in [0.4, 0.5) is 0 Å². The van der Waals surface area contributed by atoms with Crippen LogP contribution in [-0.2, 0) is 4.84 Å². The predicted octanol–water partition coefficient (Wildman–Crippen LogP) is -1.03. The smallest absolute Gasteiger partial charge is 0.330 e. The molecule has 0 amide bonds. The fraction of sp³-hybridized carbons (Fsp3) is 0.600. The van der Waals surface area contributed by atoms with Gasteiger partial charge in [0.1, 0.15) is 0 Å². The van der Waals surface area contributed by atoms with Crippen LogP contribution in [0.1, 0.15) is 18.2 Å². The molecule has 2 atom stereocenters. The highest BCUT2D eigenvalue weighted by molar-refractivity contribution is 5.01. The summed E-state index contributed by atoms with van der Waals surface area (Å²) in [6.07, 6.45) is 1.48. The third-order valence-electron chi connectivity index (χ3n) is 2.94. The number of rotatable bonds is 2. The molecule has 2 heterocycles. The normalized spacial score (nSPS) is 25.4. The lowest BCUT2D eigenvalue weighted by Crippen LogP contribution is -2.33. The molecule has 2 N–H and O–H groups in total. The Morgan fingerprint density at radius 2 is 2.29 bits per heavy atom. The molecule has 0 saturated carbocycles. The summed E-state index contributed by atoms with van der Waals surface area (Å²) in [5, 5.41) is 10.6. The van der Waals surface area contributed by atoms with Crippen molar-refractivity contribution in [2.75, 3.05) is 13.7 Å². The van der Waals surface area contributed by atoms with Crippen LogP contribution in [0.5, 0.6) is 0 Å². The maximum absolute atomic E-state index is 11.6. The van der Waals surface area contributed by atoms with Gasteiger partial charge in [0.2, 0.25) is 0 Å². The number of aromatic amines is 1. The van der Waals surface area contributed by atoms with Crippen molar-refractivity contribution >= 4 is 0 Å². The Kier molecular flexibility index (Phi) is 3.14. The molecule has 1 fully saturated rings. The first-order chi connectivity index (χ1) is 8.02. The Labute approximate surface area is 97.2 Å². The summed E-state index contributed by atoms with van der Waals surface area (Å²) in [6.45, 7) is 1.58. The molecule has 2 rings (SSSR count). The second-order valence-corrected chi connectivity index (χ2v) is 4.16. The molecule has 1 saturated heterocycles. The second-order valence-electron chi connectivity index (χ2n) is 4.16. The topological polar surface area (TPSA) is 87.6 Å². The largest absolute Gasteiger partial charge is 0.395 e. The van der Waals surface area contributed by atoms with E-state index in [-0.39, 0.29) is 12.6 Å². The van der Waals surface area contributed by atoms with Gasteiger partial charge in [0, 0.05) is 25.2 Å². The van der Waals surface area contributed by atoms with Crippen LogP contribution in [0.2, 0.25) is 0 Å². The van der Waals surface area contributed by atoms with Crippen LogP contribution < -0.4 is 11.2 Å². The van der Waals surface area contributed by atoms with E-state index >= 15 is 0 Å². The Morgan fingerprint density at radius 1 is 1.59 bits per heavy atom. The van der Waals surface area contributed by atoms with E-state index in [1.807, 2.05) is 0 Å². The summed E-state index contributed by atoms with van der Waals surface area (Å²) in [5.41, 5.74) is -0.447. The van der Waals surface area contributed by atoms with E-state index in [1.165, 1.54) is 15.8 Å². The number of H-pyrrole nitrogens is 1. The fourth-order valence-corrected chi connectivity index (χ4v) is 1.86. The van der Waals surface area contributed by atoms with Crippen LogP contribution in [0.25, 0.3) is 0 Å². The number of aromatic nitrogens is 2. The molecule has 0 bridgehead atoms. The molecule has 1 aromatic rings. The molecule has 17 heavy (non-hydrogen) atoms. The fourth-order valence-electron chi connectivity index (χ4n) is 1.86. The Balaban J connectivity index is 2.34. The molecule has 1 aliphatic rings. The van der Waals surface area contributed by atoms with Crippen molar-refractivity contribution in [1.82, 2.24) is 14.6 Å². The summed E-state index contributed by atoms with van der Waals surface area (Å²) in [6, 6.07) is -0.140. The minimum Gasteiger partial charge on any atom is -0.395 e. The minimum absolute atomic E-state index is 0.0376. The van der Waals surface area contributed by atoms with Crippen molar-refractivity contribution in [3.05, 3.63) is 32.6 Å². The third-order valence-corrected chi connectivity index (χ3v) is 2.94. The van der Waals surface area contributed by atoms with Crippen molar-refractivity contribution in [3.63, 3.8) is 0 Å². The van der Waals surface area contributed by atoms with Crippen LogP contribution in [-0.4, -0.2) is 39.4 Å². The van der Waals surface area contributed by atoms with Gasteiger partial charge in [-0.3, -0.25) is 19.2 Å². The number of hydrogen-bond donors (Lipinski definition) is 2. The average molecular weight is 241 g/mol. The Bertz CT molecular complexity index is 521. The Morgan fingerprint density at radius 3 is 2.88 bits per heavy atom.